The Bertz CT molecular complexity index is 366. The van der Waals surface area contributed by atoms with Crippen molar-refractivity contribution in [1.29, 1.82) is 0 Å². The first-order valence-corrected chi connectivity index (χ1v) is 6.00. The molecule has 0 unspecified atom stereocenters. The van der Waals surface area contributed by atoms with Crippen LogP contribution in [0.2, 0.25) is 0 Å². The monoisotopic (exact) mass is 253 g/mol. The quantitative estimate of drug-likeness (QED) is 0.744. The van der Waals surface area contributed by atoms with Crippen molar-refractivity contribution in [1.82, 2.24) is 4.98 Å². The Morgan fingerprint density at radius 2 is 2.00 bits per heavy atom. The molecule has 0 fully saturated rings. The molecule has 0 atom stereocenters. The summed E-state index contributed by atoms with van der Waals surface area (Å²) in [5.41, 5.74) is 5.39. The van der Waals surface area contributed by atoms with E-state index in [1.54, 1.807) is 11.3 Å². The van der Waals surface area contributed by atoms with Crippen LogP contribution < -0.4 is 0 Å². The van der Waals surface area contributed by atoms with E-state index in [0.29, 0.717) is 0 Å². The van der Waals surface area contributed by atoms with Crippen molar-refractivity contribution in [3.8, 4) is 11.3 Å². The predicted molar refractivity (Wildman–Crippen MR) is 60.2 cm³/mol. The van der Waals surface area contributed by atoms with Gasteiger partial charge in [0.1, 0.15) is 0 Å². The van der Waals surface area contributed by atoms with Crippen LogP contribution in [0.4, 0.5) is 0 Å². The van der Waals surface area contributed by atoms with Gasteiger partial charge in [-0.25, -0.2) is 4.98 Å². The number of hydrogen-bond donors (Lipinski definition) is 0. The molecule has 0 spiro atoms. The van der Waals surface area contributed by atoms with E-state index in [-0.39, 0.29) is 0 Å². The molecule has 0 amide bonds. The van der Waals surface area contributed by atoms with Crippen LogP contribution in [-0.2, 0) is 5.33 Å². The Balaban J connectivity index is 2.33. The van der Waals surface area contributed by atoms with Crippen LogP contribution in [0.15, 0.2) is 35.2 Å². The van der Waals surface area contributed by atoms with Crippen molar-refractivity contribution >= 4 is 27.3 Å². The van der Waals surface area contributed by atoms with Crippen LogP contribution >= 0.6 is 27.3 Å². The van der Waals surface area contributed by atoms with Gasteiger partial charge in [0, 0.05) is 16.3 Å². The summed E-state index contributed by atoms with van der Waals surface area (Å²) in [6.07, 6.45) is 0. The molecular formula is C10H8BrNS. The van der Waals surface area contributed by atoms with E-state index in [1.165, 1.54) is 11.1 Å². The molecule has 66 valence electrons. The zero-order chi connectivity index (χ0) is 9.10. The van der Waals surface area contributed by atoms with E-state index in [4.69, 9.17) is 0 Å². The summed E-state index contributed by atoms with van der Waals surface area (Å²) in [6, 6.07) is 8.43. The normalized spacial score (nSPS) is 10.2. The summed E-state index contributed by atoms with van der Waals surface area (Å²) in [5, 5.41) is 2.97. The molecule has 2 aromatic rings. The second-order valence-electron chi connectivity index (χ2n) is 2.70. The summed E-state index contributed by atoms with van der Waals surface area (Å²) in [4.78, 5) is 4.25. The minimum absolute atomic E-state index is 0.907. The summed E-state index contributed by atoms with van der Waals surface area (Å²) >= 11 is 5.04. The first kappa shape index (κ1) is 8.91. The highest BCUT2D eigenvalue weighted by atomic mass is 79.9. The lowest BCUT2D eigenvalue weighted by molar-refractivity contribution is 1.38. The number of benzene rings is 1. The van der Waals surface area contributed by atoms with Crippen molar-refractivity contribution in [2.45, 2.75) is 5.33 Å². The zero-order valence-corrected chi connectivity index (χ0v) is 9.31. The molecule has 0 aliphatic heterocycles. The Kier molecular flexibility index (Phi) is 2.76. The molecule has 0 radical (unpaired) electrons. The van der Waals surface area contributed by atoms with Crippen molar-refractivity contribution < 1.29 is 0 Å². The van der Waals surface area contributed by atoms with Crippen molar-refractivity contribution in [3.05, 3.63) is 40.7 Å². The van der Waals surface area contributed by atoms with Gasteiger partial charge in [-0.1, -0.05) is 40.2 Å². The number of nitrogens with zero attached hydrogens (tertiary/aromatic N) is 1. The van der Waals surface area contributed by atoms with E-state index in [2.05, 4.69) is 50.6 Å². The second kappa shape index (κ2) is 4.03. The summed E-state index contributed by atoms with van der Waals surface area (Å²) < 4.78 is 0. The van der Waals surface area contributed by atoms with Gasteiger partial charge in [-0.05, 0) is 5.56 Å². The lowest BCUT2D eigenvalue weighted by Crippen LogP contribution is -1.79. The Morgan fingerprint density at radius 1 is 1.23 bits per heavy atom. The first-order chi connectivity index (χ1) is 6.40. The molecule has 2 rings (SSSR count). The summed E-state index contributed by atoms with van der Waals surface area (Å²) in [7, 11) is 0. The molecular weight excluding hydrogens is 246 g/mol. The molecule has 0 saturated carbocycles. The van der Waals surface area contributed by atoms with E-state index >= 15 is 0 Å². The van der Waals surface area contributed by atoms with Crippen LogP contribution in [-0.4, -0.2) is 4.98 Å². The fourth-order valence-corrected chi connectivity index (χ4v) is 2.05. The maximum Gasteiger partial charge on any atom is 0.0811 e. The third-order valence-corrected chi connectivity index (χ3v) is 3.07. The van der Waals surface area contributed by atoms with Gasteiger partial charge < -0.3 is 0 Å². The number of rotatable bonds is 2. The van der Waals surface area contributed by atoms with Crippen LogP contribution in [0.3, 0.4) is 0 Å². The maximum absolute atomic E-state index is 4.25. The van der Waals surface area contributed by atoms with Gasteiger partial charge in [-0.3, -0.25) is 0 Å². The minimum atomic E-state index is 0.907. The third kappa shape index (κ3) is 1.98. The Hall–Kier alpha value is -0.670. The number of hydrogen-bond acceptors (Lipinski definition) is 2. The molecule has 0 saturated heterocycles. The molecule has 0 bridgehead atoms. The largest absolute Gasteiger partial charge is 0.245 e. The SMILES string of the molecule is BrCc1ccc(-c2cscn2)cc1. The number of halogens is 1. The molecule has 1 aromatic carbocycles. The Labute approximate surface area is 89.6 Å². The molecule has 1 nitrogen and oxygen atoms in total. The highest BCUT2D eigenvalue weighted by molar-refractivity contribution is 9.08. The minimum Gasteiger partial charge on any atom is -0.245 e. The van der Waals surface area contributed by atoms with Crippen LogP contribution in [0, 0.1) is 0 Å². The van der Waals surface area contributed by atoms with E-state index < -0.39 is 0 Å². The highest BCUT2D eigenvalue weighted by Crippen LogP contribution is 2.19. The highest BCUT2D eigenvalue weighted by Gasteiger charge is 1.98. The van der Waals surface area contributed by atoms with Crippen LogP contribution in [0.5, 0.6) is 0 Å². The predicted octanol–water partition coefficient (Wildman–Crippen LogP) is 3.71. The van der Waals surface area contributed by atoms with Crippen molar-refractivity contribution in [2.75, 3.05) is 0 Å². The van der Waals surface area contributed by atoms with Gasteiger partial charge in [0.15, 0.2) is 0 Å². The lowest BCUT2D eigenvalue weighted by atomic mass is 10.1. The molecule has 13 heavy (non-hydrogen) atoms. The standard InChI is InChI=1S/C10H8BrNS/c11-5-8-1-3-9(4-2-8)10-6-13-7-12-10/h1-4,6-7H,5H2. The third-order valence-electron chi connectivity index (χ3n) is 1.84. The van der Waals surface area contributed by atoms with Gasteiger partial charge in [-0.15, -0.1) is 11.3 Å². The van der Waals surface area contributed by atoms with Crippen LogP contribution in [0.1, 0.15) is 5.56 Å². The molecule has 1 heterocycles. The smallest absolute Gasteiger partial charge is 0.0811 e. The average molecular weight is 254 g/mol. The van der Waals surface area contributed by atoms with E-state index in [1.807, 2.05) is 5.51 Å². The average Bonchev–Trinajstić information content (AvgIpc) is 2.71. The fourth-order valence-electron chi connectivity index (χ4n) is 1.12. The maximum atomic E-state index is 4.25. The topological polar surface area (TPSA) is 12.9 Å². The Morgan fingerprint density at radius 3 is 2.54 bits per heavy atom. The van der Waals surface area contributed by atoms with Gasteiger partial charge in [0.25, 0.3) is 0 Å². The van der Waals surface area contributed by atoms with Crippen LogP contribution in [0.25, 0.3) is 11.3 Å². The van der Waals surface area contributed by atoms with Gasteiger partial charge in [-0.2, -0.15) is 0 Å². The number of aromatic nitrogens is 1. The molecule has 1 aromatic heterocycles. The number of thiazole rings is 1. The molecule has 0 aliphatic carbocycles. The molecule has 3 heteroatoms. The second-order valence-corrected chi connectivity index (χ2v) is 3.98. The lowest BCUT2D eigenvalue weighted by Gasteiger charge is -1.97. The van der Waals surface area contributed by atoms with Crippen molar-refractivity contribution in [3.63, 3.8) is 0 Å². The molecule has 0 aliphatic rings. The van der Waals surface area contributed by atoms with Crippen molar-refractivity contribution in [2.24, 2.45) is 0 Å². The van der Waals surface area contributed by atoms with E-state index in [9.17, 15) is 0 Å². The summed E-state index contributed by atoms with van der Waals surface area (Å²) in [6.45, 7) is 0. The van der Waals surface area contributed by atoms with Gasteiger partial charge in [0.05, 0.1) is 11.2 Å². The summed E-state index contributed by atoms with van der Waals surface area (Å²) in [5.74, 6) is 0. The zero-order valence-electron chi connectivity index (χ0n) is 6.90. The fraction of sp³-hybridized carbons (Fsp3) is 0.100. The molecule has 0 N–H and O–H groups in total. The number of alkyl halides is 1. The van der Waals surface area contributed by atoms with E-state index in [0.717, 1.165) is 11.0 Å². The first-order valence-electron chi connectivity index (χ1n) is 3.93. The van der Waals surface area contributed by atoms with Gasteiger partial charge >= 0.3 is 0 Å². The van der Waals surface area contributed by atoms with Gasteiger partial charge in [0.2, 0.25) is 0 Å².